The van der Waals surface area contributed by atoms with Crippen molar-refractivity contribution < 1.29 is 26.4 Å². The lowest BCUT2D eigenvalue weighted by Crippen LogP contribution is -2.46. The van der Waals surface area contributed by atoms with E-state index in [1.807, 2.05) is 0 Å². The van der Waals surface area contributed by atoms with Crippen molar-refractivity contribution in [3.05, 3.63) is 64.7 Å². The Morgan fingerprint density at radius 2 is 1.55 bits per heavy atom. The zero-order valence-corrected chi connectivity index (χ0v) is 16.7. The molecule has 156 valence electrons. The summed E-state index contributed by atoms with van der Waals surface area (Å²) in [5.41, 5.74) is -0.650. The summed E-state index contributed by atoms with van der Waals surface area (Å²) in [5.74, 6) is -0.377. The van der Waals surface area contributed by atoms with Gasteiger partial charge in [-0.2, -0.15) is 13.2 Å². The van der Waals surface area contributed by atoms with Gasteiger partial charge in [-0.15, -0.1) is 0 Å². The Bertz CT molecular complexity index is 969. The number of carbonyl (C=O) groups is 1. The van der Waals surface area contributed by atoms with Gasteiger partial charge in [-0.05, 0) is 61.4 Å². The fraction of sp³-hybridized carbons (Fsp3) is 0.316. The average Bonchev–Trinajstić information content (AvgIpc) is 2.67. The quantitative estimate of drug-likeness (QED) is 0.773. The summed E-state index contributed by atoms with van der Waals surface area (Å²) in [6.07, 6.45) is -3.65. The van der Waals surface area contributed by atoms with E-state index >= 15 is 0 Å². The number of sulfonamides is 1. The van der Waals surface area contributed by atoms with Gasteiger partial charge in [0.25, 0.3) is 5.91 Å². The molecule has 29 heavy (non-hydrogen) atoms. The minimum atomic E-state index is -4.46. The van der Waals surface area contributed by atoms with Crippen molar-refractivity contribution in [2.75, 3.05) is 13.1 Å². The molecular weight excluding hydrogens is 429 g/mol. The number of piperidine rings is 1. The third kappa shape index (κ3) is 5.29. The Morgan fingerprint density at radius 3 is 2.07 bits per heavy atom. The van der Waals surface area contributed by atoms with Gasteiger partial charge < -0.3 is 4.90 Å². The van der Waals surface area contributed by atoms with Crippen LogP contribution in [-0.4, -0.2) is 38.4 Å². The molecule has 3 rings (SSSR count). The van der Waals surface area contributed by atoms with Crippen LogP contribution in [-0.2, 0) is 16.2 Å². The van der Waals surface area contributed by atoms with Crippen molar-refractivity contribution in [1.82, 2.24) is 9.62 Å². The minimum Gasteiger partial charge on any atom is -0.339 e. The summed E-state index contributed by atoms with van der Waals surface area (Å²) in [6, 6.07) is 9.51. The largest absolute Gasteiger partial charge is 0.416 e. The van der Waals surface area contributed by atoms with Gasteiger partial charge in [-0.1, -0.05) is 11.6 Å². The number of nitrogens with zero attached hydrogens (tertiary/aromatic N) is 1. The van der Waals surface area contributed by atoms with Gasteiger partial charge in [0.1, 0.15) is 0 Å². The SMILES string of the molecule is O=C(c1ccc(C(F)(F)F)cc1)N1CCC(NS(=O)(=O)c2ccc(Cl)cc2)CC1. The fourth-order valence-corrected chi connectivity index (χ4v) is 4.52. The number of alkyl halides is 3. The highest BCUT2D eigenvalue weighted by molar-refractivity contribution is 7.89. The number of benzene rings is 2. The predicted octanol–water partition coefficient (Wildman–Crippen LogP) is 3.94. The van der Waals surface area contributed by atoms with E-state index in [4.69, 9.17) is 11.6 Å². The van der Waals surface area contributed by atoms with Gasteiger partial charge >= 0.3 is 6.18 Å². The Morgan fingerprint density at radius 1 is 1.00 bits per heavy atom. The number of amides is 1. The van der Waals surface area contributed by atoms with Gasteiger partial charge in [0.05, 0.1) is 10.5 Å². The van der Waals surface area contributed by atoms with Gasteiger partial charge in [0, 0.05) is 29.7 Å². The number of likely N-dealkylation sites (tertiary alicyclic amines) is 1. The highest BCUT2D eigenvalue weighted by Gasteiger charge is 2.31. The molecule has 1 aliphatic heterocycles. The van der Waals surface area contributed by atoms with E-state index in [1.54, 1.807) is 0 Å². The number of nitrogens with one attached hydrogen (secondary N) is 1. The van der Waals surface area contributed by atoms with Crippen LogP contribution in [0.25, 0.3) is 0 Å². The van der Waals surface area contributed by atoms with Crippen LogP contribution in [0, 0.1) is 0 Å². The van der Waals surface area contributed by atoms with Gasteiger partial charge in [0.15, 0.2) is 0 Å². The van der Waals surface area contributed by atoms with Crippen LogP contribution in [0.1, 0.15) is 28.8 Å². The molecule has 5 nitrogen and oxygen atoms in total. The number of hydrogen-bond donors (Lipinski definition) is 1. The Balaban J connectivity index is 1.58. The molecule has 1 heterocycles. The summed E-state index contributed by atoms with van der Waals surface area (Å²) < 4.78 is 65.4. The van der Waals surface area contributed by atoms with Crippen LogP contribution >= 0.6 is 11.6 Å². The first kappa shape index (κ1) is 21.6. The number of hydrogen-bond acceptors (Lipinski definition) is 3. The van der Waals surface area contributed by atoms with E-state index in [0.29, 0.717) is 31.0 Å². The maximum Gasteiger partial charge on any atom is 0.416 e. The highest BCUT2D eigenvalue weighted by Crippen LogP contribution is 2.29. The van der Waals surface area contributed by atoms with E-state index in [1.165, 1.54) is 29.2 Å². The van der Waals surface area contributed by atoms with Crippen LogP contribution in [0.5, 0.6) is 0 Å². The molecule has 1 aliphatic rings. The first-order valence-corrected chi connectivity index (χ1v) is 10.7. The molecule has 1 fully saturated rings. The molecule has 0 aromatic heterocycles. The van der Waals surface area contributed by atoms with Gasteiger partial charge in [0.2, 0.25) is 10.0 Å². The second-order valence-corrected chi connectivity index (χ2v) is 8.87. The number of rotatable bonds is 4. The molecule has 1 N–H and O–H groups in total. The van der Waals surface area contributed by atoms with Crippen LogP contribution in [0.4, 0.5) is 13.2 Å². The van der Waals surface area contributed by atoms with E-state index < -0.39 is 21.8 Å². The van der Waals surface area contributed by atoms with E-state index in [2.05, 4.69) is 4.72 Å². The first-order valence-electron chi connectivity index (χ1n) is 8.81. The van der Waals surface area contributed by atoms with Gasteiger partial charge in [-0.3, -0.25) is 4.79 Å². The van der Waals surface area contributed by atoms with Crippen molar-refractivity contribution in [2.24, 2.45) is 0 Å². The molecule has 0 aliphatic carbocycles. The van der Waals surface area contributed by atoms with Crippen LogP contribution in [0.3, 0.4) is 0 Å². The molecule has 0 unspecified atom stereocenters. The Labute approximate surface area is 171 Å². The predicted molar refractivity (Wildman–Crippen MR) is 102 cm³/mol. The molecule has 1 amide bonds. The van der Waals surface area contributed by atoms with E-state index in [0.717, 1.165) is 24.3 Å². The molecule has 0 radical (unpaired) electrons. The summed E-state index contributed by atoms with van der Waals surface area (Å²) in [6.45, 7) is 0.599. The molecular formula is C19H18ClF3N2O3S. The standard InChI is InChI=1S/C19H18ClF3N2O3S/c20-15-5-7-17(8-6-15)29(27,28)24-16-9-11-25(12-10-16)18(26)13-1-3-14(4-2-13)19(21,22)23/h1-8,16,24H,9-12H2. The fourth-order valence-electron chi connectivity index (χ4n) is 3.09. The zero-order valence-electron chi connectivity index (χ0n) is 15.1. The third-order valence-corrected chi connectivity index (χ3v) is 6.48. The van der Waals surface area contributed by atoms with Crippen molar-refractivity contribution in [1.29, 1.82) is 0 Å². The molecule has 2 aromatic rings. The smallest absolute Gasteiger partial charge is 0.339 e. The lowest BCUT2D eigenvalue weighted by Gasteiger charge is -2.32. The summed E-state index contributed by atoms with van der Waals surface area (Å²) >= 11 is 5.77. The van der Waals surface area contributed by atoms with Crippen LogP contribution in [0.2, 0.25) is 5.02 Å². The Kier molecular flexibility index (Phi) is 6.21. The van der Waals surface area contributed by atoms with Crippen molar-refractivity contribution >= 4 is 27.5 Å². The molecule has 0 saturated carbocycles. The normalized spacial score (nSPS) is 16.1. The van der Waals surface area contributed by atoms with E-state index in [-0.39, 0.29) is 22.4 Å². The molecule has 0 bridgehead atoms. The second kappa shape index (κ2) is 8.33. The minimum absolute atomic E-state index is 0.102. The average molecular weight is 447 g/mol. The lowest BCUT2D eigenvalue weighted by molar-refractivity contribution is -0.137. The second-order valence-electron chi connectivity index (χ2n) is 6.72. The summed E-state index contributed by atoms with van der Waals surface area (Å²) in [4.78, 5) is 14.1. The first-order chi connectivity index (χ1) is 13.6. The van der Waals surface area contributed by atoms with Crippen LogP contribution in [0.15, 0.2) is 53.4 Å². The lowest BCUT2D eigenvalue weighted by atomic mass is 10.0. The third-order valence-electron chi connectivity index (χ3n) is 4.69. The van der Waals surface area contributed by atoms with Crippen molar-refractivity contribution in [3.63, 3.8) is 0 Å². The maximum absolute atomic E-state index is 12.6. The maximum atomic E-state index is 12.6. The van der Waals surface area contributed by atoms with Crippen LogP contribution < -0.4 is 4.72 Å². The van der Waals surface area contributed by atoms with Crippen molar-refractivity contribution in [3.8, 4) is 0 Å². The zero-order chi connectivity index (χ0) is 21.2. The summed E-state index contributed by atoms with van der Waals surface area (Å²) in [7, 11) is -3.70. The molecule has 2 aromatic carbocycles. The molecule has 10 heteroatoms. The topological polar surface area (TPSA) is 66.5 Å². The molecule has 1 saturated heterocycles. The number of carbonyl (C=O) groups excluding carboxylic acids is 1. The van der Waals surface area contributed by atoms with Gasteiger partial charge in [-0.25, -0.2) is 13.1 Å². The van der Waals surface area contributed by atoms with E-state index in [9.17, 15) is 26.4 Å². The monoisotopic (exact) mass is 446 g/mol. The summed E-state index contributed by atoms with van der Waals surface area (Å²) in [5, 5.41) is 0.430. The number of halogens is 4. The molecule has 0 spiro atoms. The molecule has 0 atom stereocenters. The highest BCUT2D eigenvalue weighted by atomic mass is 35.5. The van der Waals surface area contributed by atoms with Crippen molar-refractivity contribution in [2.45, 2.75) is 30.0 Å². The Hall–Kier alpha value is -2.10.